The number of carbonyl (C=O) groups is 1. The number of hydrogen-bond acceptors (Lipinski definition) is 4. The van der Waals surface area contributed by atoms with E-state index in [0.717, 1.165) is 5.69 Å². The Morgan fingerprint density at radius 3 is 2.71 bits per heavy atom. The zero-order chi connectivity index (χ0) is 15.2. The molecule has 112 valence electrons. The molecule has 0 saturated heterocycles. The molecule has 2 rings (SSSR count). The molecule has 2 N–H and O–H groups in total. The topological polar surface area (TPSA) is 83.3 Å². The van der Waals surface area contributed by atoms with Gasteiger partial charge in [-0.15, -0.1) is 5.10 Å². The normalized spacial score (nSPS) is 12.0. The van der Waals surface area contributed by atoms with Gasteiger partial charge >= 0.3 is 6.03 Å². The summed E-state index contributed by atoms with van der Waals surface area (Å²) >= 11 is 0. The zero-order valence-electron chi connectivity index (χ0n) is 12.1. The van der Waals surface area contributed by atoms with E-state index in [2.05, 4.69) is 15.6 Å². The van der Waals surface area contributed by atoms with Gasteiger partial charge in [0, 0.05) is 19.3 Å². The predicted molar refractivity (Wildman–Crippen MR) is 79.3 cm³/mol. The summed E-state index contributed by atoms with van der Waals surface area (Å²) in [5.74, 6) is 0. The lowest BCUT2D eigenvalue weighted by molar-refractivity contribution is 0.167. The van der Waals surface area contributed by atoms with Gasteiger partial charge in [-0.05, 0) is 37.6 Å². The summed E-state index contributed by atoms with van der Waals surface area (Å²) in [4.78, 5) is 13.5. The van der Waals surface area contributed by atoms with E-state index in [0.29, 0.717) is 18.7 Å². The largest absolute Gasteiger partial charge is 0.393 e. The van der Waals surface area contributed by atoms with Gasteiger partial charge in [0.1, 0.15) is 0 Å². The van der Waals surface area contributed by atoms with Crippen LogP contribution < -0.4 is 5.32 Å². The lowest BCUT2D eigenvalue weighted by Crippen LogP contribution is -2.33. The first-order valence-electron chi connectivity index (χ1n) is 6.73. The molecule has 7 heteroatoms. The number of nitrogens with one attached hydrogen (secondary N) is 1. The zero-order valence-corrected chi connectivity index (χ0v) is 12.1. The molecule has 1 atom stereocenters. The molecule has 1 unspecified atom stereocenters. The number of nitrogens with zero attached hydrogens (tertiary/aromatic N) is 4. The molecule has 1 heterocycles. The second kappa shape index (κ2) is 6.85. The summed E-state index contributed by atoms with van der Waals surface area (Å²) < 4.78 is 1.64. The highest BCUT2D eigenvalue weighted by atomic mass is 16.3. The van der Waals surface area contributed by atoms with Gasteiger partial charge in [0.05, 0.1) is 24.2 Å². The molecule has 1 aromatic carbocycles. The van der Waals surface area contributed by atoms with Crippen molar-refractivity contribution < 1.29 is 9.90 Å². The minimum Gasteiger partial charge on any atom is -0.393 e. The Hall–Kier alpha value is -2.41. The molecule has 0 spiro atoms. The Morgan fingerprint density at radius 1 is 1.43 bits per heavy atom. The maximum atomic E-state index is 11.9. The number of aliphatic hydroxyl groups is 1. The first-order valence-corrected chi connectivity index (χ1v) is 6.73. The summed E-state index contributed by atoms with van der Waals surface area (Å²) in [6, 6.07) is 7.10. The van der Waals surface area contributed by atoms with Gasteiger partial charge in [-0.3, -0.25) is 0 Å². The second-order valence-corrected chi connectivity index (χ2v) is 4.88. The van der Waals surface area contributed by atoms with Crippen LogP contribution in [0.5, 0.6) is 0 Å². The van der Waals surface area contributed by atoms with E-state index in [1.54, 1.807) is 43.2 Å². The van der Waals surface area contributed by atoms with Crippen molar-refractivity contribution in [3.63, 3.8) is 0 Å². The van der Waals surface area contributed by atoms with E-state index in [4.69, 9.17) is 0 Å². The van der Waals surface area contributed by atoms with Gasteiger partial charge in [-0.25, -0.2) is 9.48 Å². The number of anilines is 1. The van der Waals surface area contributed by atoms with Crippen molar-refractivity contribution in [2.45, 2.75) is 19.4 Å². The van der Waals surface area contributed by atoms with Crippen molar-refractivity contribution in [1.29, 1.82) is 0 Å². The predicted octanol–water partition coefficient (Wildman–Crippen LogP) is 1.50. The van der Waals surface area contributed by atoms with Crippen LogP contribution in [0.1, 0.15) is 13.3 Å². The van der Waals surface area contributed by atoms with E-state index < -0.39 is 6.10 Å². The molecule has 0 fully saturated rings. The van der Waals surface area contributed by atoms with Gasteiger partial charge in [-0.1, -0.05) is 5.21 Å². The second-order valence-electron chi connectivity index (χ2n) is 4.88. The van der Waals surface area contributed by atoms with E-state index in [1.165, 1.54) is 4.90 Å². The lowest BCUT2D eigenvalue weighted by atomic mass is 10.2. The number of rotatable bonds is 5. The van der Waals surface area contributed by atoms with Crippen LogP contribution in [0.3, 0.4) is 0 Å². The maximum Gasteiger partial charge on any atom is 0.321 e. The summed E-state index contributed by atoms with van der Waals surface area (Å²) in [5, 5.41) is 19.7. The molecule has 0 bridgehead atoms. The molecule has 1 aromatic heterocycles. The Bertz CT molecular complexity index is 566. The first-order chi connectivity index (χ1) is 10.1. The molecule has 21 heavy (non-hydrogen) atoms. The average molecular weight is 289 g/mol. The van der Waals surface area contributed by atoms with Crippen molar-refractivity contribution in [1.82, 2.24) is 19.9 Å². The molecule has 2 amide bonds. The molecule has 0 saturated carbocycles. The Kier molecular flexibility index (Phi) is 4.89. The van der Waals surface area contributed by atoms with Crippen LogP contribution in [-0.4, -0.2) is 50.7 Å². The molecule has 0 aliphatic heterocycles. The Balaban J connectivity index is 1.92. The SMILES string of the molecule is CC(O)CCN(C)C(=O)Nc1ccc(-n2ccnn2)cc1. The van der Waals surface area contributed by atoms with Crippen LogP contribution in [0.4, 0.5) is 10.5 Å². The van der Waals surface area contributed by atoms with E-state index in [9.17, 15) is 9.90 Å². The van der Waals surface area contributed by atoms with Gasteiger partial charge in [-0.2, -0.15) is 0 Å². The molecular formula is C14H19N5O2. The summed E-state index contributed by atoms with van der Waals surface area (Å²) in [7, 11) is 1.70. The smallest absolute Gasteiger partial charge is 0.321 e. The number of benzene rings is 1. The van der Waals surface area contributed by atoms with Crippen LogP contribution in [0.2, 0.25) is 0 Å². The van der Waals surface area contributed by atoms with Crippen molar-refractivity contribution in [2.75, 3.05) is 18.9 Å². The van der Waals surface area contributed by atoms with Crippen molar-refractivity contribution >= 4 is 11.7 Å². The minimum absolute atomic E-state index is 0.204. The van der Waals surface area contributed by atoms with Gasteiger partial charge < -0.3 is 15.3 Å². The molecule has 0 aliphatic rings. The average Bonchev–Trinajstić information content (AvgIpc) is 2.99. The van der Waals surface area contributed by atoms with Crippen molar-refractivity contribution in [2.24, 2.45) is 0 Å². The van der Waals surface area contributed by atoms with Crippen LogP contribution >= 0.6 is 0 Å². The number of amides is 2. The number of hydrogen-bond donors (Lipinski definition) is 2. The lowest BCUT2D eigenvalue weighted by Gasteiger charge is -2.18. The van der Waals surface area contributed by atoms with Crippen molar-refractivity contribution in [3.05, 3.63) is 36.7 Å². The van der Waals surface area contributed by atoms with Gasteiger partial charge in [0.25, 0.3) is 0 Å². The van der Waals surface area contributed by atoms with Crippen LogP contribution in [0.15, 0.2) is 36.7 Å². The van der Waals surface area contributed by atoms with E-state index >= 15 is 0 Å². The fourth-order valence-electron chi connectivity index (χ4n) is 1.74. The summed E-state index contributed by atoms with van der Waals surface area (Å²) in [6.45, 7) is 2.20. The third-order valence-corrected chi connectivity index (χ3v) is 3.03. The highest BCUT2D eigenvalue weighted by molar-refractivity contribution is 5.89. The highest BCUT2D eigenvalue weighted by Crippen LogP contribution is 2.12. The van der Waals surface area contributed by atoms with E-state index in [1.807, 2.05) is 12.1 Å². The molecule has 0 aliphatic carbocycles. The number of urea groups is 1. The fourth-order valence-corrected chi connectivity index (χ4v) is 1.74. The molecule has 7 nitrogen and oxygen atoms in total. The third-order valence-electron chi connectivity index (χ3n) is 3.03. The molecular weight excluding hydrogens is 270 g/mol. The quantitative estimate of drug-likeness (QED) is 0.873. The number of aliphatic hydroxyl groups excluding tert-OH is 1. The fraction of sp³-hybridized carbons (Fsp3) is 0.357. The van der Waals surface area contributed by atoms with Crippen LogP contribution in [-0.2, 0) is 0 Å². The summed E-state index contributed by atoms with van der Waals surface area (Å²) in [5.41, 5.74) is 1.57. The molecule has 2 aromatic rings. The van der Waals surface area contributed by atoms with E-state index in [-0.39, 0.29) is 6.03 Å². The Morgan fingerprint density at radius 2 is 2.14 bits per heavy atom. The maximum absolute atomic E-state index is 11.9. The first kappa shape index (κ1) is 15.0. The summed E-state index contributed by atoms with van der Waals surface area (Å²) in [6.07, 6.45) is 3.49. The standard InChI is InChI=1S/C14H19N5O2/c1-11(20)7-9-18(2)14(21)16-12-3-5-13(6-4-12)19-10-8-15-17-19/h3-6,8,10-11,20H,7,9H2,1-2H3,(H,16,21). The minimum atomic E-state index is -0.415. The van der Waals surface area contributed by atoms with Gasteiger partial charge in [0.15, 0.2) is 0 Å². The van der Waals surface area contributed by atoms with Crippen LogP contribution in [0.25, 0.3) is 5.69 Å². The number of carbonyl (C=O) groups excluding carboxylic acids is 1. The third kappa shape index (κ3) is 4.28. The van der Waals surface area contributed by atoms with Crippen LogP contribution in [0, 0.1) is 0 Å². The molecule has 0 radical (unpaired) electrons. The Labute approximate surface area is 123 Å². The van der Waals surface area contributed by atoms with Gasteiger partial charge in [0.2, 0.25) is 0 Å². The number of aromatic nitrogens is 3. The highest BCUT2D eigenvalue weighted by Gasteiger charge is 2.09. The van der Waals surface area contributed by atoms with Crippen molar-refractivity contribution in [3.8, 4) is 5.69 Å². The monoisotopic (exact) mass is 289 g/mol.